The van der Waals surface area contributed by atoms with Crippen LogP contribution >= 0.6 is 0 Å². The summed E-state index contributed by atoms with van der Waals surface area (Å²) in [6, 6.07) is 0. The molecule has 2 atom stereocenters. The minimum Gasteiger partial charge on any atom is -0.335 e. The third-order valence-electron chi connectivity index (χ3n) is 3.39. The van der Waals surface area contributed by atoms with Crippen LogP contribution in [0, 0.1) is 11.8 Å². The summed E-state index contributed by atoms with van der Waals surface area (Å²) in [7, 11) is 0. The fourth-order valence-corrected chi connectivity index (χ4v) is 2.61. The van der Waals surface area contributed by atoms with Crippen LogP contribution in [0.4, 0.5) is 0 Å². The Balaban J connectivity index is 2.65. The molecule has 2 unspecified atom stereocenters. The SMILES string of the molecule is CCN(CC)C(=O)C(=O)N1CC(C)CC(C)C1. The molecule has 17 heavy (non-hydrogen) atoms. The van der Waals surface area contributed by atoms with E-state index >= 15 is 0 Å². The lowest BCUT2D eigenvalue weighted by Crippen LogP contribution is -2.50. The summed E-state index contributed by atoms with van der Waals surface area (Å²) >= 11 is 0. The number of likely N-dealkylation sites (N-methyl/N-ethyl adjacent to an activating group) is 1. The highest BCUT2D eigenvalue weighted by molar-refractivity contribution is 6.34. The van der Waals surface area contributed by atoms with Crippen molar-refractivity contribution in [2.45, 2.75) is 34.1 Å². The van der Waals surface area contributed by atoms with Crippen molar-refractivity contribution >= 4 is 11.8 Å². The summed E-state index contributed by atoms with van der Waals surface area (Å²) in [5, 5.41) is 0. The molecule has 4 heteroatoms. The van der Waals surface area contributed by atoms with Crippen LogP contribution < -0.4 is 0 Å². The van der Waals surface area contributed by atoms with Crippen molar-refractivity contribution in [2.75, 3.05) is 26.2 Å². The molecule has 0 bridgehead atoms. The van der Waals surface area contributed by atoms with Crippen LogP contribution in [0.5, 0.6) is 0 Å². The normalized spacial score (nSPS) is 24.6. The van der Waals surface area contributed by atoms with Gasteiger partial charge in [-0.05, 0) is 32.1 Å². The molecule has 1 heterocycles. The Labute approximate surface area is 104 Å². The molecule has 1 aliphatic rings. The number of hydrogen-bond donors (Lipinski definition) is 0. The molecule has 1 saturated heterocycles. The molecule has 0 aromatic rings. The number of nitrogens with zero attached hydrogens (tertiary/aromatic N) is 2. The number of carbonyl (C=O) groups excluding carboxylic acids is 2. The van der Waals surface area contributed by atoms with Crippen LogP contribution in [0.25, 0.3) is 0 Å². The number of rotatable bonds is 2. The molecule has 1 aliphatic heterocycles. The van der Waals surface area contributed by atoms with Crippen LogP contribution in [-0.4, -0.2) is 47.8 Å². The maximum atomic E-state index is 12.1. The van der Waals surface area contributed by atoms with E-state index in [0.717, 1.165) is 19.5 Å². The van der Waals surface area contributed by atoms with Crippen LogP contribution in [0.15, 0.2) is 0 Å². The summed E-state index contributed by atoms with van der Waals surface area (Å²) in [4.78, 5) is 27.3. The zero-order valence-electron chi connectivity index (χ0n) is 11.4. The molecule has 0 aromatic heterocycles. The van der Waals surface area contributed by atoms with Crippen LogP contribution in [0.3, 0.4) is 0 Å². The highest BCUT2D eigenvalue weighted by atomic mass is 16.2. The Kier molecular flexibility index (Phi) is 4.97. The van der Waals surface area contributed by atoms with Crippen LogP contribution in [0.1, 0.15) is 34.1 Å². The highest BCUT2D eigenvalue weighted by Crippen LogP contribution is 2.21. The van der Waals surface area contributed by atoms with Gasteiger partial charge in [-0.3, -0.25) is 9.59 Å². The van der Waals surface area contributed by atoms with Crippen molar-refractivity contribution < 1.29 is 9.59 Å². The van der Waals surface area contributed by atoms with E-state index in [1.54, 1.807) is 9.80 Å². The minimum absolute atomic E-state index is 0.327. The van der Waals surface area contributed by atoms with Crippen molar-refractivity contribution in [3.63, 3.8) is 0 Å². The van der Waals surface area contributed by atoms with Gasteiger partial charge in [-0.15, -0.1) is 0 Å². The quantitative estimate of drug-likeness (QED) is 0.684. The maximum Gasteiger partial charge on any atom is 0.312 e. The van der Waals surface area contributed by atoms with E-state index in [1.807, 2.05) is 13.8 Å². The Morgan fingerprint density at radius 2 is 1.59 bits per heavy atom. The molecular weight excluding hydrogens is 216 g/mol. The van der Waals surface area contributed by atoms with Crippen LogP contribution in [-0.2, 0) is 9.59 Å². The Morgan fingerprint density at radius 3 is 2.00 bits per heavy atom. The minimum atomic E-state index is -0.351. The molecular formula is C13H24N2O2. The second-order valence-electron chi connectivity index (χ2n) is 5.13. The summed E-state index contributed by atoms with van der Waals surface area (Å²) in [5.74, 6) is 0.308. The van der Waals surface area contributed by atoms with E-state index in [9.17, 15) is 9.59 Å². The van der Waals surface area contributed by atoms with Gasteiger partial charge in [-0.1, -0.05) is 13.8 Å². The average Bonchev–Trinajstić information content (AvgIpc) is 2.28. The molecule has 0 radical (unpaired) electrons. The largest absolute Gasteiger partial charge is 0.335 e. The van der Waals surface area contributed by atoms with Crippen molar-refractivity contribution in [3.8, 4) is 0 Å². The lowest BCUT2D eigenvalue weighted by molar-refractivity contribution is -0.153. The van der Waals surface area contributed by atoms with Gasteiger partial charge in [0.25, 0.3) is 0 Å². The lowest BCUT2D eigenvalue weighted by atomic mass is 9.92. The molecule has 4 nitrogen and oxygen atoms in total. The molecule has 0 aromatic carbocycles. The first-order chi connectivity index (χ1) is 7.99. The van der Waals surface area contributed by atoms with Gasteiger partial charge in [-0.2, -0.15) is 0 Å². The van der Waals surface area contributed by atoms with E-state index in [1.165, 1.54) is 0 Å². The molecule has 0 spiro atoms. The van der Waals surface area contributed by atoms with Crippen molar-refractivity contribution in [2.24, 2.45) is 11.8 Å². The monoisotopic (exact) mass is 240 g/mol. The van der Waals surface area contributed by atoms with Gasteiger partial charge in [0.1, 0.15) is 0 Å². The predicted octanol–water partition coefficient (Wildman–Crippen LogP) is 1.36. The maximum absolute atomic E-state index is 12.1. The molecule has 0 saturated carbocycles. The van der Waals surface area contributed by atoms with E-state index in [-0.39, 0.29) is 11.8 Å². The number of likely N-dealkylation sites (tertiary alicyclic amines) is 1. The van der Waals surface area contributed by atoms with Crippen molar-refractivity contribution in [1.29, 1.82) is 0 Å². The van der Waals surface area contributed by atoms with E-state index in [0.29, 0.717) is 24.9 Å². The standard InChI is InChI=1S/C13H24N2O2/c1-5-14(6-2)12(16)13(17)15-8-10(3)7-11(4)9-15/h10-11H,5-9H2,1-4H3. The van der Waals surface area contributed by atoms with Gasteiger partial charge < -0.3 is 9.80 Å². The van der Waals surface area contributed by atoms with Gasteiger partial charge >= 0.3 is 11.8 Å². The second-order valence-corrected chi connectivity index (χ2v) is 5.13. The van der Waals surface area contributed by atoms with Gasteiger partial charge in [0.15, 0.2) is 0 Å². The number of piperidine rings is 1. The van der Waals surface area contributed by atoms with E-state index in [4.69, 9.17) is 0 Å². The van der Waals surface area contributed by atoms with Crippen molar-refractivity contribution in [3.05, 3.63) is 0 Å². The first-order valence-electron chi connectivity index (χ1n) is 6.57. The Hall–Kier alpha value is -1.06. The van der Waals surface area contributed by atoms with Crippen molar-refractivity contribution in [1.82, 2.24) is 9.80 Å². The first-order valence-corrected chi connectivity index (χ1v) is 6.57. The van der Waals surface area contributed by atoms with Crippen LogP contribution in [0.2, 0.25) is 0 Å². The first kappa shape index (κ1) is 14.0. The fourth-order valence-electron chi connectivity index (χ4n) is 2.61. The van der Waals surface area contributed by atoms with Gasteiger partial charge in [-0.25, -0.2) is 0 Å². The van der Waals surface area contributed by atoms with Gasteiger partial charge in [0, 0.05) is 26.2 Å². The lowest BCUT2D eigenvalue weighted by Gasteiger charge is -2.35. The highest BCUT2D eigenvalue weighted by Gasteiger charge is 2.30. The zero-order chi connectivity index (χ0) is 13.0. The topological polar surface area (TPSA) is 40.6 Å². The summed E-state index contributed by atoms with van der Waals surface area (Å²) < 4.78 is 0. The Bertz CT molecular complexity index is 277. The number of amides is 2. The molecule has 0 N–H and O–H groups in total. The third-order valence-corrected chi connectivity index (χ3v) is 3.39. The summed E-state index contributed by atoms with van der Waals surface area (Å²) in [6.45, 7) is 10.7. The molecule has 1 rings (SSSR count). The fraction of sp³-hybridized carbons (Fsp3) is 0.846. The smallest absolute Gasteiger partial charge is 0.312 e. The van der Waals surface area contributed by atoms with Gasteiger partial charge in [0.2, 0.25) is 0 Å². The summed E-state index contributed by atoms with van der Waals surface area (Å²) in [5.41, 5.74) is 0. The number of hydrogen-bond acceptors (Lipinski definition) is 2. The molecule has 98 valence electrons. The summed E-state index contributed by atoms with van der Waals surface area (Å²) in [6.07, 6.45) is 1.14. The van der Waals surface area contributed by atoms with Gasteiger partial charge in [0.05, 0.1) is 0 Å². The molecule has 0 aliphatic carbocycles. The third kappa shape index (κ3) is 3.45. The molecule has 2 amide bonds. The Morgan fingerprint density at radius 1 is 1.12 bits per heavy atom. The number of carbonyl (C=O) groups is 2. The average molecular weight is 240 g/mol. The zero-order valence-corrected chi connectivity index (χ0v) is 11.4. The van der Waals surface area contributed by atoms with E-state index < -0.39 is 0 Å². The predicted molar refractivity (Wildman–Crippen MR) is 67.5 cm³/mol. The second kappa shape index (κ2) is 6.03. The van der Waals surface area contributed by atoms with E-state index in [2.05, 4.69) is 13.8 Å². The molecule has 1 fully saturated rings.